The van der Waals surface area contributed by atoms with Crippen molar-refractivity contribution in [3.63, 3.8) is 0 Å². The number of hydrogen-bond donors (Lipinski definition) is 2. The summed E-state index contributed by atoms with van der Waals surface area (Å²) in [6.07, 6.45) is 0.246. The van der Waals surface area contributed by atoms with Gasteiger partial charge in [-0.05, 0) is 54.8 Å². The Morgan fingerprint density at radius 2 is 1.97 bits per heavy atom. The predicted octanol–water partition coefficient (Wildman–Crippen LogP) is 4.05. The Hall–Kier alpha value is -3.17. The van der Waals surface area contributed by atoms with Crippen LogP contribution in [0.3, 0.4) is 0 Å². The summed E-state index contributed by atoms with van der Waals surface area (Å²) < 4.78 is 23.4. The first-order chi connectivity index (χ1) is 18.6. The second-order valence-electron chi connectivity index (χ2n) is 9.87. The smallest absolute Gasteiger partial charge is 0.219 e. The van der Waals surface area contributed by atoms with Gasteiger partial charge in [-0.1, -0.05) is 24.3 Å². The number of aliphatic hydroxyl groups is 1. The van der Waals surface area contributed by atoms with Crippen LogP contribution in [0.5, 0.6) is 17.4 Å². The van der Waals surface area contributed by atoms with Gasteiger partial charge in [0.15, 0.2) is 0 Å². The molecule has 0 saturated carbocycles. The number of pyridine rings is 1. The molecule has 3 atom stereocenters. The molecule has 3 heterocycles. The molecule has 2 N–H and O–H groups in total. The third-order valence-corrected chi connectivity index (χ3v) is 7.09. The minimum absolute atomic E-state index is 0.145. The van der Waals surface area contributed by atoms with E-state index in [0.29, 0.717) is 37.9 Å². The molecule has 8 nitrogen and oxygen atoms in total. The number of piperidine rings is 1. The lowest BCUT2D eigenvalue weighted by Crippen LogP contribution is -2.49. The van der Waals surface area contributed by atoms with E-state index in [9.17, 15) is 5.11 Å². The number of benzene rings is 2. The lowest BCUT2D eigenvalue weighted by molar-refractivity contribution is -0.0328. The highest BCUT2D eigenvalue weighted by atomic mass is 16.5. The average molecular weight is 520 g/mol. The van der Waals surface area contributed by atoms with Crippen LogP contribution < -0.4 is 19.7 Å². The minimum Gasteiger partial charge on any atom is -0.490 e. The first kappa shape index (κ1) is 26.4. The molecule has 0 spiro atoms. The molecule has 1 aromatic heterocycles. The molecule has 0 aliphatic carbocycles. The molecule has 0 bridgehead atoms. The maximum atomic E-state index is 10.9. The molecule has 2 aliphatic rings. The number of nitrogens with zero attached hydrogens (tertiary/aromatic N) is 2. The third kappa shape index (κ3) is 6.45. The number of aryl methyl sites for hydroxylation is 1. The zero-order chi connectivity index (χ0) is 26.3. The number of anilines is 1. The number of aliphatic hydroxyl groups excluding tert-OH is 1. The fourth-order valence-corrected chi connectivity index (χ4v) is 5.17. The number of aromatic nitrogens is 1. The van der Waals surface area contributed by atoms with E-state index >= 15 is 0 Å². The van der Waals surface area contributed by atoms with Crippen molar-refractivity contribution in [1.29, 1.82) is 0 Å². The van der Waals surface area contributed by atoms with E-state index in [1.54, 1.807) is 7.11 Å². The van der Waals surface area contributed by atoms with Crippen LogP contribution in [0.4, 0.5) is 5.69 Å². The number of nitrogens with one attached hydrogen (secondary N) is 1. The van der Waals surface area contributed by atoms with Gasteiger partial charge in [0, 0.05) is 51.0 Å². The molecule has 0 amide bonds. The van der Waals surface area contributed by atoms with Crippen molar-refractivity contribution in [2.24, 2.45) is 0 Å². The van der Waals surface area contributed by atoms with Crippen LogP contribution in [0, 0.1) is 6.92 Å². The van der Waals surface area contributed by atoms with Gasteiger partial charge >= 0.3 is 0 Å². The van der Waals surface area contributed by atoms with Gasteiger partial charge < -0.3 is 34.3 Å². The molecule has 1 fully saturated rings. The van der Waals surface area contributed by atoms with Crippen molar-refractivity contribution in [2.45, 2.75) is 38.1 Å². The van der Waals surface area contributed by atoms with Gasteiger partial charge in [0.25, 0.3) is 0 Å². The average Bonchev–Trinajstić information content (AvgIpc) is 2.93. The molecular formula is C30H37N3O5. The summed E-state index contributed by atoms with van der Waals surface area (Å²) in [4.78, 5) is 6.75. The Balaban J connectivity index is 1.25. The van der Waals surface area contributed by atoms with Gasteiger partial charge in [-0.2, -0.15) is 0 Å². The number of β-amino-alcohol motifs (C(OH)–C–C–N with tert-alkyl or cyclic N) is 1. The topological polar surface area (TPSA) is 85.3 Å². The number of ether oxygens (including phenoxy) is 4. The summed E-state index contributed by atoms with van der Waals surface area (Å²) in [6.45, 7) is 6.81. The summed E-state index contributed by atoms with van der Waals surface area (Å²) in [5.41, 5.74) is 4.11. The highest BCUT2D eigenvalue weighted by Crippen LogP contribution is 2.34. The fraction of sp³-hybridized carbons (Fsp3) is 0.433. The van der Waals surface area contributed by atoms with Crippen LogP contribution in [-0.4, -0.2) is 68.8 Å². The summed E-state index contributed by atoms with van der Waals surface area (Å²) in [5.74, 6) is 2.04. The second-order valence-corrected chi connectivity index (χ2v) is 9.87. The van der Waals surface area contributed by atoms with Crippen molar-refractivity contribution in [2.75, 3.05) is 51.4 Å². The first-order valence-corrected chi connectivity index (χ1v) is 13.3. The van der Waals surface area contributed by atoms with Crippen molar-refractivity contribution >= 4 is 5.69 Å². The second kappa shape index (κ2) is 12.6. The molecule has 8 heteroatoms. The highest BCUT2D eigenvalue weighted by molar-refractivity contribution is 5.61. The van der Waals surface area contributed by atoms with E-state index in [2.05, 4.69) is 27.3 Å². The zero-order valence-electron chi connectivity index (χ0n) is 22.1. The number of rotatable bonds is 10. The summed E-state index contributed by atoms with van der Waals surface area (Å²) in [5, 5.41) is 14.2. The Morgan fingerprint density at radius 1 is 1.11 bits per heavy atom. The highest BCUT2D eigenvalue weighted by Gasteiger charge is 2.34. The standard InChI is InChI=1S/C30H37N3O5/c1-21-5-3-6-29(32-21)38-24-10-8-23(9-11-24)30-26(34)18-31-19-28(30)37-20-22-7-12-27-25(17-22)33(14-16-36-27)13-4-15-35-2/h3,5-12,17,26,28,30-31,34H,4,13-16,18-20H2,1-2H3. The van der Waals surface area contributed by atoms with E-state index in [1.165, 1.54) is 0 Å². The van der Waals surface area contributed by atoms with E-state index in [1.807, 2.05) is 55.5 Å². The molecule has 38 heavy (non-hydrogen) atoms. The van der Waals surface area contributed by atoms with Crippen LogP contribution in [-0.2, 0) is 16.1 Å². The summed E-state index contributed by atoms with van der Waals surface area (Å²) in [7, 11) is 1.73. The molecule has 0 radical (unpaired) electrons. The Morgan fingerprint density at radius 3 is 2.79 bits per heavy atom. The number of fused-ring (bicyclic) bond motifs is 1. The molecule has 3 unspecified atom stereocenters. The molecular weight excluding hydrogens is 482 g/mol. The van der Waals surface area contributed by atoms with E-state index in [-0.39, 0.29) is 12.0 Å². The lowest BCUT2D eigenvalue weighted by Gasteiger charge is -2.36. The van der Waals surface area contributed by atoms with E-state index in [0.717, 1.165) is 54.4 Å². The van der Waals surface area contributed by atoms with E-state index < -0.39 is 6.10 Å². The first-order valence-electron chi connectivity index (χ1n) is 13.3. The molecule has 202 valence electrons. The number of methoxy groups -OCH3 is 1. The fourth-order valence-electron chi connectivity index (χ4n) is 5.17. The Labute approximate surface area is 224 Å². The maximum Gasteiger partial charge on any atom is 0.219 e. The van der Waals surface area contributed by atoms with Crippen LogP contribution in [0.2, 0.25) is 0 Å². The summed E-state index contributed by atoms with van der Waals surface area (Å²) >= 11 is 0. The van der Waals surface area contributed by atoms with Gasteiger partial charge in [0.05, 0.1) is 31.0 Å². The van der Waals surface area contributed by atoms with Gasteiger partial charge in [-0.25, -0.2) is 4.98 Å². The minimum atomic E-state index is -0.549. The quantitative estimate of drug-likeness (QED) is 0.388. The van der Waals surface area contributed by atoms with Crippen molar-refractivity contribution < 1.29 is 24.1 Å². The van der Waals surface area contributed by atoms with Crippen LogP contribution in [0.1, 0.15) is 29.2 Å². The van der Waals surface area contributed by atoms with Crippen LogP contribution in [0.15, 0.2) is 60.7 Å². The van der Waals surface area contributed by atoms with E-state index in [4.69, 9.17) is 18.9 Å². The van der Waals surface area contributed by atoms with Crippen LogP contribution in [0.25, 0.3) is 0 Å². The van der Waals surface area contributed by atoms with Crippen molar-refractivity contribution in [1.82, 2.24) is 10.3 Å². The number of hydrogen-bond acceptors (Lipinski definition) is 8. The molecule has 5 rings (SSSR count). The van der Waals surface area contributed by atoms with Gasteiger partial charge in [-0.15, -0.1) is 0 Å². The maximum absolute atomic E-state index is 10.9. The molecule has 2 aromatic carbocycles. The van der Waals surface area contributed by atoms with Crippen LogP contribution >= 0.6 is 0 Å². The molecule has 3 aromatic rings. The Bertz CT molecular complexity index is 1190. The summed E-state index contributed by atoms with van der Waals surface area (Å²) in [6, 6.07) is 19.8. The van der Waals surface area contributed by atoms with Gasteiger partial charge in [-0.3, -0.25) is 0 Å². The third-order valence-electron chi connectivity index (χ3n) is 7.09. The SMILES string of the molecule is COCCCN1CCOc2ccc(COC3CNCC(O)C3c3ccc(Oc4cccc(C)n4)cc3)cc21. The normalized spacial score (nSPS) is 21.0. The Kier molecular flexibility index (Phi) is 8.75. The lowest BCUT2D eigenvalue weighted by atomic mass is 9.85. The monoisotopic (exact) mass is 519 g/mol. The zero-order valence-corrected chi connectivity index (χ0v) is 22.1. The largest absolute Gasteiger partial charge is 0.490 e. The van der Waals surface area contributed by atoms with Crippen molar-refractivity contribution in [3.05, 3.63) is 77.5 Å². The van der Waals surface area contributed by atoms with Gasteiger partial charge in [0.1, 0.15) is 18.1 Å². The van der Waals surface area contributed by atoms with Crippen molar-refractivity contribution in [3.8, 4) is 17.4 Å². The molecule has 1 saturated heterocycles. The van der Waals surface area contributed by atoms with Gasteiger partial charge in [0.2, 0.25) is 5.88 Å². The predicted molar refractivity (Wildman–Crippen MR) is 146 cm³/mol. The molecule has 2 aliphatic heterocycles.